The van der Waals surface area contributed by atoms with E-state index in [0.717, 1.165) is 15.4 Å². The van der Waals surface area contributed by atoms with Crippen LogP contribution in [-0.2, 0) is 6.42 Å². The topological polar surface area (TPSA) is 56.6 Å². The van der Waals surface area contributed by atoms with Crippen LogP contribution in [0.5, 0.6) is 0 Å². The van der Waals surface area contributed by atoms with Crippen LogP contribution < -0.4 is 5.56 Å². The van der Waals surface area contributed by atoms with Crippen molar-refractivity contribution in [3.8, 4) is 6.07 Å². The van der Waals surface area contributed by atoms with E-state index in [1.54, 1.807) is 0 Å². The summed E-state index contributed by atoms with van der Waals surface area (Å²) in [5.41, 5.74) is 1.34. The summed E-state index contributed by atoms with van der Waals surface area (Å²) < 4.78 is 0.869. The zero-order valence-corrected chi connectivity index (χ0v) is 10.0. The summed E-state index contributed by atoms with van der Waals surface area (Å²) in [5.74, 6) is 0. The molecule has 0 atom stereocenters. The van der Waals surface area contributed by atoms with Crippen molar-refractivity contribution in [2.24, 2.45) is 0 Å². The van der Waals surface area contributed by atoms with Gasteiger partial charge in [-0.25, -0.2) is 0 Å². The van der Waals surface area contributed by atoms with Gasteiger partial charge in [-0.05, 0) is 39.9 Å². The normalized spacial score (nSPS) is 10.2. The predicted octanol–water partition coefficient (Wildman–Crippen LogP) is 2.75. The summed E-state index contributed by atoms with van der Waals surface area (Å²) in [6.45, 7) is 0. The molecule has 0 unspecified atom stereocenters. The zero-order chi connectivity index (χ0) is 11.5. The van der Waals surface area contributed by atoms with E-state index in [9.17, 15) is 4.79 Å². The van der Waals surface area contributed by atoms with Crippen LogP contribution in [0.15, 0.2) is 33.5 Å². The van der Waals surface area contributed by atoms with Crippen LogP contribution in [0.3, 0.4) is 0 Å². The smallest absolute Gasteiger partial charge is 0.251 e. The van der Waals surface area contributed by atoms with Gasteiger partial charge in [-0.1, -0.05) is 12.1 Å². The van der Waals surface area contributed by atoms with E-state index < -0.39 is 0 Å². The summed E-state index contributed by atoms with van der Waals surface area (Å²) in [5, 5.41) is 9.48. The molecule has 0 radical (unpaired) electrons. The van der Waals surface area contributed by atoms with Crippen LogP contribution in [0.1, 0.15) is 12.0 Å². The average Bonchev–Trinajstić information content (AvgIpc) is 2.28. The Balaban J connectivity index is 2.60. The minimum absolute atomic E-state index is 0.116. The fraction of sp³-hybridized carbons (Fsp3) is 0.167. The second-order valence-corrected chi connectivity index (χ2v) is 4.34. The van der Waals surface area contributed by atoms with E-state index >= 15 is 0 Å². The number of aryl methyl sites for hydroxylation is 1. The third kappa shape index (κ3) is 2.00. The minimum atomic E-state index is -0.116. The number of pyridine rings is 1. The lowest BCUT2D eigenvalue weighted by atomic mass is 10.1. The molecule has 2 rings (SSSR count). The number of nitriles is 1. The number of H-pyrrole nitrogens is 1. The third-order valence-electron chi connectivity index (χ3n) is 2.41. The molecule has 0 saturated carbocycles. The monoisotopic (exact) mass is 276 g/mol. The summed E-state index contributed by atoms with van der Waals surface area (Å²) in [6.07, 6.45) is 0.858. The first-order valence-corrected chi connectivity index (χ1v) is 5.69. The fourth-order valence-corrected chi connectivity index (χ4v) is 2.10. The Morgan fingerprint density at radius 2 is 2.25 bits per heavy atom. The van der Waals surface area contributed by atoms with Gasteiger partial charge in [0.25, 0.3) is 5.56 Å². The van der Waals surface area contributed by atoms with Gasteiger partial charge < -0.3 is 4.98 Å². The van der Waals surface area contributed by atoms with Crippen molar-refractivity contribution < 1.29 is 0 Å². The largest absolute Gasteiger partial charge is 0.321 e. The van der Waals surface area contributed by atoms with Crippen LogP contribution in [0.4, 0.5) is 0 Å². The first-order chi connectivity index (χ1) is 7.72. The first-order valence-electron chi connectivity index (χ1n) is 4.90. The Kier molecular flexibility index (Phi) is 3.07. The summed E-state index contributed by atoms with van der Waals surface area (Å²) in [7, 11) is 0. The SMILES string of the molecule is N#CCCc1cc2cccc(Br)c2[nH]c1=O. The van der Waals surface area contributed by atoms with E-state index in [4.69, 9.17) is 5.26 Å². The molecule has 80 valence electrons. The van der Waals surface area contributed by atoms with E-state index in [1.165, 1.54) is 0 Å². The molecule has 4 heteroatoms. The molecule has 0 aliphatic rings. The van der Waals surface area contributed by atoms with E-state index in [0.29, 0.717) is 18.4 Å². The Hall–Kier alpha value is -1.60. The molecule has 0 aliphatic carbocycles. The maximum Gasteiger partial charge on any atom is 0.251 e. The molecule has 16 heavy (non-hydrogen) atoms. The number of rotatable bonds is 2. The Morgan fingerprint density at radius 1 is 1.44 bits per heavy atom. The van der Waals surface area contributed by atoms with Crippen molar-refractivity contribution in [2.75, 3.05) is 0 Å². The van der Waals surface area contributed by atoms with Gasteiger partial charge in [0.15, 0.2) is 0 Å². The highest BCUT2D eigenvalue weighted by molar-refractivity contribution is 9.10. The molecule has 1 aromatic heterocycles. The lowest BCUT2D eigenvalue weighted by molar-refractivity contribution is 0.983. The molecule has 1 aromatic carbocycles. The maximum atomic E-state index is 11.7. The van der Waals surface area contributed by atoms with Gasteiger partial charge in [-0.15, -0.1) is 0 Å². The molecule has 3 nitrogen and oxygen atoms in total. The van der Waals surface area contributed by atoms with Crippen LogP contribution >= 0.6 is 15.9 Å². The predicted molar refractivity (Wildman–Crippen MR) is 66.2 cm³/mol. The summed E-state index contributed by atoms with van der Waals surface area (Å²) in [4.78, 5) is 14.5. The second-order valence-electron chi connectivity index (χ2n) is 3.49. The number of hydrogen-bond donors (Lipinski definition) is 1. The molecular formula is C12H9BrN2O. The quantitative estimate of drug-likeness (QED) is 0.917. The Bertz CT molecular complexity index is 625. The van der Waals surface area contributed by atoms with Gasteiger partial charge >= 0.3 is 0 Å². The van der Waals surface area contributed by atoms with Crippen LogP contribution in [0.2, 0.25) is 0 Å². The number of halogens is 1. The summed E-state index contributed by atoms with van der Waals surface area (Å²) in [6, 6.07) is 9.62. The van der Waals surface area contributed by atoms with Gasteiger partial charge in [0.1, 0.15) is 0 Å². The first kappa shape index (κ1) is 10.9. The highest BCUT2D eigenvalue weighted by atomic mass is 79.9. The lowest BCUT2D eigenvalue weighted by Gasteiger charge is -2.02. The van der Waals surface area contributed by atoms with Crippen LogP contribution in [-0.4, -0.2) is 4.98 Å². The number of para-hydroxylation sites is 1. The lowest BCUT2D eigenvalue weighted by Crippen LogP contribution is -2.12. The molecule has 1 heterocycles. The number of aromatic amines is 1. The molecule has 1 N–H and O–H groups in total. The van der Waals surface area contributed by atoms with Crippen molar-refractivity contribution in [1.29, 1.82) is 5.26 Å². The Morgan fingerprint density at radius 3 is 3.00 bits per heavy atom. The molecule has 0 spiro atoms. The zero-order valence-electron chi connectivity index (χ0n) is 8.46. The third-order valence-corrected chi connectivity index (χ3v) is 3.07. The van der Waals surface area contributed by atoms with Crippen molar-refractivity contribution in [1.82, 2.24) is 4.98 Å². The highest BCUT2D eigenvalue weighted by Gasteiger charge is 2.04. The molecule has 0 saturated heterocycles. The number of nitrogens with one attached hydrogen (secondary N) is 1. The van der Waals surface area contributed by atoms with Crippen LogP contribution in [0, 0.1) is 11.3 Å². The summed E-state index contributed by atoms with van der Waals surface area (Å²) >= 11 is 3.39. The van der Waals surface area contributed by atoms with Crippen molar-refractivity contribution in [2.45, 2.75) is 12.8 Å². The van der Waals surface area contributed by atoms with E-state index in [2.05, 4.69) is 20.9 Å². The van der Waals surface area contributed by atoms with Gasteiger partial charge in [0.05, 0.1) is 11.6 Å². The number of nitrogens with zero attached hydrogens (tertiary/aromatic N) is 1. The second kappa shape index (κ2) is 4.50. The van der Waals surface area contributed by atoms with Crippen molar-refractivity contribution in [3.63, 3.8) is 0 Å². The van der Waals surface area contributed by atoms with Gasteiger partial charge in [0, 0.05) is 16.5 Å². The molecule has 2 aromatic rings. The van der Waals surface area contributed by atoms with Gasteiger partial charge in [0.2, 0.25) is 0 Å². The minimum Gasteiger partial charge on any atom is -0.321 e. The van der Waals surface area contributed by atoms with Crippen molar-refractivity contribution >= 4 is 26.8 Å². The molecule has 0 bridgehead atoms. The Labute approximate surface area is 101 Å². The highest BCUT2D eigenvalue weighted by Crippen LogP contribution is 2.21. The van der Waals surface area contributed by atoms with Crippen LogP contribution in [0.25, 0.3) is 10.9 Å². The molecule has 0 fully saturated rings. The van der Waals surface area contributed by atoms with E-state index in [1.807, 2.05) is 30.3 Å². The van der Waals surface area contributed by atoms with Gasteiger partial charge in [-0.3, -0.25) is 4.79 Å². The van der Waals surface area contributed by atoms with Gasteiger partial charge in [-0.2, -0.15) is 5.26 Å². The average molecular weight is 277 g/mol. The van der Waals surface area contributed by atoms with Crippen molar-refractivity contribution in [3.05, 3.63) is 44.7 Å². The fourth-order valence-electron chi connectivity index (χ4n) is 1.62. The molecule has 0 amide bonds. The number of hydrogen-bond acceptors (Lipinski definition) is 2. The maximum absolute atomic E-state index is 11.7. The molecule has 0 aliphatic heterocycles. The number of fused-ring (bicyclic) bond motifs is 1. The standard InChI is InChI=1S/C12H9BrN2O/c13-10-5-1-3-8-7-9(4-2-6-14)12(16)15-11(8)10/h1,3,5,7H,2,4H2,(H,15,16). The molecular weight excluding hydrogens is 268 g/mol. The van der Waals surface area contributed by atoms with E-state index in [-0.39, 0.29) is 5.56 Å². The number of aromatic nitrogens is 1. The number of benzene rings is 1.